The number of hydrogen-bond acceptors (Lipinski definition) is 4. The van der Waals surface area contributed by atoms with Crippen LogP contribution in [0.25, 0.3) is 10.2 Å². The molecule has 2 aromatic rings. The monoisotopic (exact) mass is 373 g/mol. The Bertz CT molecular complexity index is 770. The molecule has 1 amide bonds. The Morgan fingerprint density at radius 1 is 1.36 bits per heavy atom. The molecule has 0 aromatic carbocycles. The van der Waals surface area contributed by atoms with Gasteiger partial charge in [0.25, 0.3) is 5.91 Å². The molecule has 1 unspecified atom stereocenters. The van der Waals surface area contributed by atoms with Crippen LogP contribution < -0.4 is 5.73 Å². The highest BCUT2D eigenvalue weighted by Gasteiger charge is 2.33. The van der Waals surface area contributed by atoms with Gasteiger partial charge in [-0.15, -0.1) is 11.3 Å². The fraction of sp³-hybridized carbons (Fsp3) is 0.529. The number of halogens is 3. The Kier molecular flexibility index (Phi) is 5.73. The number of nitrogens with two attached hydrogens (primary N) is 1. The average Bonchev–Trinajstić information content (AvgIpc) is 2.87. The van der Waals surface area contributed by atoms with Crippen molar-refractivity contribution in [3.63, 3.8) is 0 Å². The van der Waals surface area contributed by atoms with Crippen LogP contribution in [-0.4, -0.2) is 35.4 Å². The van der Waals surface area contributed by atoms with Gasteiger partial charge in [-0.1, -0.05) is 13.8 Å². The topological polar surface area (TPSA) is 59.2 Å². The number of pyridine rings is 1. The lowest BCUT2D eigenvalue weighted by Crippen LogP contribution is -2.34. The summed E-state index contributed by atoms with van der Waals surface area (Å²) in [6.45, 7) is 6.26. The highest BCUT2D eigenvalue weighted by Crippen LogP contribution is 2.34. The molecule has 0 fully saturated rings. The smallest absolute Gasteiger partial charge is 0.341 e. The van der Waals surface area contributed by atoms with E-state index in [9.17, 15) is 18.0 Å². The summed E-state index contributed by atoms with van der Waals surface area (Å²) in [5.41, 5.74) is 5.71. The number of fused-ring (bicyclic) bond motifs is 1. The van der Waals surface area contributed by atoms with Gasteiger partial charge in [0.15, 0.2) is 0 Å². The maximum absolute atomic E-state index is 12.8. The van der Waals surface area contributed by atoms with Gasteiger partial charge < -0.3 is 10.6 Å². The van der Waals surface area contributed by atoms with E-state index in [1.807, 2.05) is 13.8 Å². The van der Waals surface area contributed by atoms with Crippen LogP contribution >= 0.6 is 11.3 Å². The van der Waals surface area contributed by atoms with E-state index in [-0.39, 0.29) is 16.8 Å². The first-order chi connectivity index (χ1) is 11.5. The highest BCUT2D eigenvalue weighted by molar-refractivity contribution is 7.20. The second kappa shape index (κ2) is 7.29. The van der Waals surface area contributed by atoms with Crippen molar-refractivity contribution in [3.05, 3.63) is 28.3 Å². The number of carbonyl (C=O) groups excluding carboxylic acids is 1. The highest BCUT2D eigenvalue weighted by atomic mass is 32.1. The van der Waals surface area contributed by atoms with E-state index in [1.165, 1.54) is 6.07 Å². The number of hydrogen-bond donors (Lipinski definition) is 1. The second-order valence-corrected chi connectivity index (χ2v) is 7.53. The number of aromatic nitrogens is 1. The SMILES string of the molecule is Cc1c(C(=O)N(C)CCC(N)C(C)C)sc2nc(C(F)(F)F)ccc12. The number of nitrogens with zero attached hydrogens (tertiary/aromatic N) is 2. The Balaban J connectivity index is 2.25. The maximum atomic E-state index is 12.8. The minimum Gasteiger partial charge on any atom is -0.341 e. The summed E-state index contributed by atoms with van der Waals surface area (Å²) < 4.78 is 38.4. The molecule has 2 aromatic heterocycles. The molecule has 0 bridgehead atoms. The Hall–Kier alpha value is -1.67. The van der Waals surface area contributed by atoms with Gasteiger partial charge in [-0.2, -0.15) is 13.2 Å². The molecule has 8 heteroatoms. The Morgan fingerprint density at radius 2 is 2.00 bits per heavy atom. The lowest BCUT2D eigenvalue weighted by molar-refractivity contribution is -0.140. The lowest BCUT2D eigenvalue weighted by atomic mass is 10.0. The van der Waals surface area contributed by atoms with E-state index in [1.54, 1.807) is 18.9 Å². The first kappa shape index (κ1) is 19.7. The molecule has 2 heterocycles. The molecule has 4 nitrogen and oxygen atoms in total. The molecule has 1 atom stereocenters. The summed E-state index contributed by atoms with van der Waals surface area (Å²) in [5, 5.41) is 0.577. The Labute approximate surface area is 148 Å². The molecule has 25 heavy (non-hydrogen) atoms. The van der Waals surface area contributed by atoms with Crippen molar-refractivity contribution in [3.8, 4) is 0 Å². The van der Waals surface area contributed by atoms with E-state index < -0.39 is 11.9 Å². The molecule has 0 saturated heterocycles. The second-order valence-electron chi connectivity index (χ2n) is 6.53. The summed E-state index contributed by atoms with van der Waals surface area (Å²) in [7, 11) is 1.67. The van der Waals surface area contributed by atoms with Crippen LogP contribution in [-0.2, 0) is 6.18 Å². The van der Waals surface area contributed by atoms with E-state index in [0.29, 0.717) is 34.7 Å². The quantitative estimate of drug-likeness (QED) is 0.859. The van der Waals surface area contributed by atoms with Gasteiger partial charge in [-0.3, -0.25) is 4.79 Å². The standard InChI is InChI=1S/C17H22F3N3OS/c1-9(2)12(21)7-8-23(4)16(24)14-10(3)11-5-6-13(17(18,19)20)22-15(11)25-14/h5-6,9,12H,7-8,21H2,1-4H3. The predicted octanol–water partition coefficient (Wildman–Crippen LogP) is 4.07. The lowest BCUT2D eigenvalue weighted by Gasteiger charge is -2.21. The number of alkyl halides is 3. The van der Waals surface area contributed by atoms with Crippen LogP contribution in [0.15, 0.2) is 12.1 Å². The van der Waals surface area contributed by atoms with Gasteiger partial charge >= 0.3 is 6.18 Å². The zero-order valence-electron chi connectivity index (χ0n) is 14.6. The number of thiophene rings is 1. The normalized spacial score (nSPS) is 13.5. The van der Waals surface area contributed by atoms with Crippen molar-refractivity contribution in [2.45, 2.75) is 39.4 Å². The van der Waals surface area contributed by atoms with Crippen molar-refractivity contribution in [1.29, 1.82) is 0 Å². The van der Waals surface area contributed by atoms with Gasteiger partial charge in [-0.05, 0) is 37.0 Å². The van der Waals surface area contributed by atoms with Crippen molar-refractivity contribution >= 4 is 27.5 Å². The molecule has 0 spiro atoms. The molecule has 0 aliphatic carbocycles. The third-order valence-corrected chi connectivity index (χ3v) is 5.48. The zero-order valence-corrected chi connectivity index (χ0v) is 15.5. The van der Waals surface area contributed by atoms with Crippen LogP contribution in [0.3, 0.4) is 0 Å². The molecule has 0 aliphatic heterocycles. The van der Waals surface area contributed by atoms with Crippen LogP contribution in [0.1, 0.15) is 41.2 Å². The molecule has 0 saturated carbocycles. The third kappa shape index (κ3) is 4.30. The van der Waals surface area contributed by atoms with Crippen LogP contribution in [0, 0.1) is 12.8 Å². The van der Waals surface area contributed by atoms with Crippen molar-refractivity contribution in [1.82, 2.24) is 9.88 Å². The van der Waals surface area contributed by atoms with E-state index in [0.717, 1.165) is 17.4 Å². The first-order valence-electron chi connectivity index (χ1n) is 8.00. The molecular formula is C17H22F3N3OS. The minimum atomic E-state index is -4.50. The molecule has 2 N–H and O–H groups in total. The van der Waals surface area contributed by atoms with Crippen molar-refractivity contribution in [2.75, 3.05) is 13.6 Å². The maximum Gasteiger partial charge on any atom is 0.433 e. The van der Waals surface area contributed by atoms with E-state index in [2.05, 4.69) is 4.98 Å². The van der Waals surface area contributed by atoms with Crippen LogP contribution in [0.2, 0.25) is 0 Å². The van der Waals surface area contributed by atoms with Gasteiger partial charge in [-0.25, -0.2) is 4.98 Å². The number of aryl methyl sites for hydroxylation is 1. The summed E-state index contributed by atoms with van der Waals surface area (Å²) in [6.07, 6.45) is -3.83. The molecule has 2 rings (SSSR count). The zero-order chi connectivity index (χ0) is 18.9. The van der Waals surface area contributed by atoms with E-state index in [4.69, 9.17) is 5.73 Å². The average molecular weight is 373 g/mol. The van der Waals surface area contributed by atoms with Gasteiger partial charge in [0, 0.05) is 25.0 Å². The van der Waals surface area contributed by atoms with Gasteiger partial charge in [0.05, 0.1) is 4.88 Å². The number of amides is 1. The molecule has 0 radical (unpaired) electrons. The van der Waals surface area contributed by atoms with Crippen LogP contribution in [0.4, 0.5) is 13.2 Å². The molecule has 0 aliphatic rings. The first-order valence-corrected chi connectivity index (χ1v) is 8.82. The number of rotatable bonds is 5. The fourth-order valence-electron chi connectivity index (χ4n) is 2.41. The van der Waals surface area contributed by atoms with Crippen molar-refractivity contribution < 1.29 is 18.0 Å². The largest absolute Gasteiger partial charge is 0.433 e. The predicted molar refractivity (Wildman–Crippen MR) is 93.7 cm³/mol. The van der Waals surface area contributed by atoms with Crippen molar-refractivity contribution in [2.24, 2.45) is 11.7 Å². The minimum absolute atomic E-state index is 0.00485. The van der Waals surface area contributed by atoms with Gasteiger partial charge in [0.1, 0.15) is 10.5 Å². The van der Waals surface area contributed by atoms with E-state index >= 15 is 0 Å². The number of carbonyl (C=O) groups is 1. The summed E-state index contributed by atoms with van der Waals surface area (Å²) >= 11 is 0.998. The third-order valence-electron chi connectivity index (χ3n) is 4.29. The van der Waals surface area contributed by atoms with Gasteiger partial charge in [0.2, 0.25) is 0 Å². The Morgan fingerprint density at radius 3 is 2.56 bits per heavy atom. The van der Waals surface area contributed by atoms with Crippen LogP contribution in [0.5, 0.6) is 0 Å². The fourth-order valence-corrected chi connectivity index (χ4v) is 3.59. The summed E-state index contributed by atoms with van der Waals surface area (Å²) in [6, 6.07) is 2.32. The summed E-state index contributed by atoms with van der Waals surface area (Å²) in [4.78, 5) is 18.5. The summed E-state index contributed by atoms with van der Waals surface area (Å²) in [5.74, 6) is 0.101. The molecule has 138 valence electrons. The molecular weight excluding hydrogens is 351 g/mol.